The molecule has 0 unspecified atom stereocenters. The molecule has 0 aromatic carbocycles. The van der Waals surface area contributed by atoms with E-state index in [1.165, 1.54) is 12.8 Å². The first-order valence-electron chi connectivity index (χ1n) is 7.61. The molecule has 2 rings (SSSR count). The molecule has 0 bridgehead atoms. The Morgan fingerprint density at radius 2 is 1.85 bits per heavy atom. The molecule has 20 heavy (non-hydrogen) atoms. The SMILES string of the molecule is CC(C)c1nc(NN)cc(N2CCC(C(C)C)CC2)n1. The van der Waals surface area contributed by atoms with E-state index in [0.717, 1.165) is 36.6 Å². The summed E-state index contributed by atoms with van der Waals surface area (Å²) in [5.74, 6) is 9.98. The van der Waals surface area contributed by atoms with E-state index in [1.807, 2.05) is 6.07 Å². The number of nitrogens with two attached hydrogens (primary N) is 1. The summed E-state index contributed by atoms with van der Waals surface area (Å²) in [5, 5.41) is 0. The lowest BCUT2D eigenvalue weighted by Crippen LogP contribution is -2.36. The Labute approximate surface area is 121 Å². The van der Waals surface area contributed by atoms with Gasteiger partial charge in [-0.25, -0.2) is 15.8 Å². The summed E-state index contributed by atoms with van der Waals surface area (Å²) in [6.45, 7) is 11.0. The maximum Gasteiger partial charge on any atom is 0.145 e. The second kappa shape index (κ2) is 6.39. The van der Waals surface area contributed by atoms with Crippen molar-refractivity contribution in [3.63, 3.8) is 0 Å². The quantitative estimate of drug-likeness (QED) is 0.654. The molecule has 2 heterocycles. The smallest absolute Gasteiger partial charge is 0.145 e. The van der Waals surface area contributed by atoms with E-state index in [9.17, 15) is 0 Å². The third-order valence-electron chi connectivity index (χ3n) is 4.20. The minimum absolute atomic E-state index is 0.301. The second-order valence-corrected chi connectivity index (χ2v) is 6.34. The predicted octanol–water partition coefficient (Wildman–Crippen LogP) is 2.76. The van der Waals surface area contributed by atoms with Crippen molar-refractivity contribution in [3.8, 4) is 0 Å². The molecule has 1 saturated heterocycles. The van der Waals surface area contributed by atoms with E-state index in [2.05, 4.69) is 43.0 Å². The maximum atomic E-state index is 5.52. The van der Waals surface area contributed by atoms with Crippen molar-refractivity contribution < 1.29 is 0 Å². The summed E-state index contributed by atoms with van der Waals surface area (Å²) in [5.41, 5.74) is 2.65. The zero-order chi connectivity index (χ0) is 14.7. The number of piperidine rings is 1. The fraction of sp³-hybridized carbons (Fsp3) is 0.733. The summed E-state index contributed by atoms with van der Waals surface area (Å²) in [7, 11) is 0. The van der Waals surface area contributed by atoms with Crippen LogP contribution in [0.2, 0.25) is 0 Å². The molecule has 1 aromatic heterocycles. The van der Waals surface area contributed by atoms with Crippen LogP contribution in [0.5, 0.6) is 0 Å². The Bertz CT molecular complexity index is 436. The minimum atomic E-state index is 0.301. The summed E-state index contributed by atoms with van der Waals surface area (Å²) >= 11 is 0. The van der Waals surface area contributed by atoms with Gasteiger partial charge in [-0.15, -0.1) is 0 Å². The van der Waals surface area contributed by atoms with Crippen molar-refractivity contribution in [2.45, 2.75) is 46.5 Å². The number of aromatic nitrogens is 2. The summed E-state index contributed by atoms with van der Waals surface area (Å²) in [4.78, 5) is 11.5. The molecule has 0 aliphatic carbocycles. The van der Waals surface area contributed by atoms with Crippen molar-refractivity contribution >= 4 is 11.6 Å². The van der Waals surface area contributed by atoms with Gasteiger partial charge in [0.2, 0.25) is 0 Å². The van der Waals surface area contributed by atoms with Gasteiger partial charge in [0.05, 0.1) is 0 Å². The van der Waals surface area contributed by atoms with E-state index in [-0.39, 0.29) is 0 Å². The van der Waals surface area contributed by atoms with Crippen molar-refractivity contribution in [1.29, 1.82) is 0 Å². The van der Waals surface area contributed by atoms with Crippen molar-refractivity contribution in [2.24, 2.45) is 17.7 Å². The molecule has 3 N–H and O–H groups in total. The van der Waals surface area contributed by atoms with Gasteiger partial charge in [-0.2, -0.15) is 0 Å². The van der Waals surface area contributed by atoms with Crippen LogP contribution in [0.1, 0.15) is 52.3 Å². The molecule has 1 aliphatic rings. The van der Waals surface area contributed by atoms with E-state index in [4.69, 9.17) is 10.8 Å². The lowest BCUT2D eigenvalue weighted by Gasteiger charge is -2.34. The maximum absolute atomic E-state index is 5.52. The van der Waals surface area contributed by atoms with Crippen LogP contribution in [-0.2, 0) is 0 Å². The lowest BCUT2D eigenvalue weighted by atomic mass is 9.87. The highest BCUT2D eigenvalue weighted by molar-refractivity contribution is 5.49. The average molecular weight is 277 g/mol. The van der Waals surface area contributed by atoms with Gasteiger partial charge in [0.1, 0.15) is 17.5 Å². The summed E-state index contributed by atoms with van der Waals surface area (Å²) in [6.07, 6.45) is 2.48. The van der Waals surface area contributed by atoms with Crippen LogP contribution in [-0.4, -0.2) is 23.1 Å². The second-order valence-electron chi connectivity index (χ2n) is 6.34. The molecule has 1 aliphatic heterocycles. The highest BCUT2D eigenvalue weighted by Gasteiger charge is 2.23. The fourth-order valence-corrected chi connectivity index (χ4v) is 2.74. The monoisotopic (exact) mass is 277 g/mol. The van der Waals surface area contributed by atoms with Gasteiger partial charge >= 0.3 is 0 Å². The van der Waals surface area contributed by atoms with E-state index >= 15 is 0 Å². The van der Waals surface area contributed by atoms with Gasteiger partial charge in [-0.3, -0.25) is 0 Å². The standard InChI is InChI=1S/C15H27N5/c1-10(2)12-5-7-20(8-6-12)14-9-13(19-16)17-15(18-14)11(3)4/h9-12H,5-8,16H2,1-4H3,(H,17,18,19). The summed E-state index contributed by atoms with van der Waals surface area (Å²) < 4.78 is 0. The molecular weight excluding hydrogens is 250 g/mol. The van der Waals surface area contributed by atoms with Crippen LogP contribution < -0.4 is 16.2 Å². The van der Waals surface area contributed by atoms with Crippen LogP contribution in [0.25, 0.3) is 0 Å². The van der Waals surface area contributed by atoms with Crippen LogP contribution in [0, 0.1) is 11.8 Å². The molecular formula is C15H27N5. The van der Waals surface area contributed by atoms with Gasteiger partial charge in [-0.1, -0.05) is 27.7 Å². The lowest BCUT2D eigenvalue weighted by molar-refractivity contribution is 0.310. The highest BCUT2D eigenvalue weighted by atomic mass is 15.3. The normalized spacial score (nSPS) is 17.1. The predicted molar refractivity (Wildman–Crippen MR) is 83.7 cm³/mol. The Kier molecular flexibility index (Phi) is 4.81. The Morgan fingerprint density at radius 1 is 1.20 bits per heavy atom. The molecule has 5 nitrogen and oxygen atoms in total. The number of hydrogen-bond donors (Lipinski definition) is 2. The highest BCUT2D eigenvalue weighted by Crippen LogP contribution is 2.28. The number of rotatable bonds is 4. The zero-order valence-electron chi connectivity index (χ0n) is 13.1. The number of hydrazine groups is 1. The minimum Gasteiger partial charge on any atom is -0.356 e. The molecule has 0 saturated carbocycles. The van der Waals surface area contributed by atoms with Gasteiger partial charge in [0, 0.05) is 25.1 Å². The van der Waals surface area contributed by atoms with Gasteiger partial charge in [0.15, 0.2) is 0 Å². The average Bonchev–Trinajstić information content (AvgIpc) is 2.46. The number of nitrogens with zero attached hydrogens (tertiary/aromatic N) is 3. The molecule has 1 aromatic rings. The van der Waals surface area contributed by atoms with Crippen LogP contribution in [0.3, 0.4) is 0 Å². The molecule has 112 valence electrons. The molecule has 0 atom stereocenters. The number of hydrogen-bond acceptors (Lipinski definition) is 5. The van der Waals surface area contributed by atoms with E-state index in [1.54, 1.807) is 0 Å². The largest absolute Gasteiger partial charge is 0.356 e. The van der Waals surface area contributed by atoms with Crippen molar-refractivity contribution in [2.75, 3.05) is 23.4 Å². The van der Waals surface area contributed by atoms with Crippen LogP contribution in [0.4, 0.5) is 11.6 Å². The van der Waals surface area contributed by atoms with E-state index < -0.39 is 0 Å². The van der Waals surface area contributed by atoms with Gasteiger partial charge in [-0.05, 0) is 24.7 Å². The number of nitrogens with one attached hydrogen (secondary N) is 1. The number of nitrogen functional groups attached to an aromatic ring is 1. The Hall–Kier alpha value is -1.36. The Morgan fingerprint density at radius 3 is 2.35 bits per heavy atom. The molecule has 0 radical (unpaired) electrons. The number of anilines is 2. The zero-order valence-corrected chi connectivity index (χ0v) is 13.1. The summed E-state index contributed by atoms with van der Waals surface area (Å²) in [6, 6.07) is 1.95. The third-order valence-corrected chi connectivity index (χ3v) is 4.20. The first kappa shape index (κ1) is 15.0. The van der Waals surface area contributed by atoms with Crippen molar-refractivity contribution in [1.82, 2.24) is 9.97 Å². The first-order valence-corrected chi connectivity index (χ1v) is 7.61. The van der Waals surface area contributed by atoms with E-state index in [0.29, 0.717) is 11.7 Å². The third kappa shape index (κ3) is 3.39. The fourth-order valence-electron chi connectivity index (χ4n) is 2.74. The molecule has 0 spiro atoms. The molecule has 1 fully saturated rings. The Balaban J connectivity index is 2.15. The molecule has 0 amide bonds. The molecule has 5 heteroatoms. The topological polar surface area (TPSA) is 67.1 Å². The van der Waals surface area contributed by atoms with Gasteiger partial charge < -0.3 is 10.3 Å². The van der Waals surface area contributed by atoms with Gasteiger partial charge in [0.25, 0.3) is 0 Å². The van der Waals surface area contributed by atoms with Crippen LogP contribution >= 0.6 is 0 Å². The van der Waals surface area contributed by atoms with Crippen molar-refractivity contribution in [3.05, 3.63) is 11.9 Å². The van der Waals surface area contributed by atoms with Crippen LogP contribution in [0.15, 0.2) is 6.07 Å². The first-order chi connectivity index (χ1) is 9.51.